The summed E-state index contributed by atoms with van der Waals surface area (Å²) in [5.74, 6) is -0.165. The van der Waals surface area contributed by atoms with Gasteiger partial charge in [0.1, 0.15) is 6.04 Å². The summed E-state index contributed by atoms with van der Waals surface area (Å²) in [6.07, 6.45) is 3.63. The Morgan fingerprint density at radius 3 is 2.89 bits per heavy atom. The van der Waals surface area contributed by atoms with E-state index in [1.807, 2.05) is 6.92 Å². The van der Waals surface area contributed by atoms with Gasteiger partial charge in [-0.2, -0.15) is 0 Å². The minimum absolute atomic E-state index is 0.165. The highest BCUT2D eigenvalue weighted by Crippen LogP contribution is 2.14. The first-order valence-corrected chi connectivity index (χ1v) is 7.39. The fraction of sp³-hybridized carbons (Fsp3) is 0.929. The van der Waals surface area contributed by atoms with Gasteiger partial charge >= 0.3 is 5.97 Å². The maximum atomic E-state index is 11.8. The Kier molecular flexibility index (Phi) is 8.02. The number of nitrogens with one attached hydrogen (secondary N) is 1. The zero-order valence-electron chi connectivity index (χ0n) is 12.5. The van der Waals surface area contributed by atoms with Gasteiger partial charge in [-0.25, -0.2) is 0 Å². The second kappa shape index (κ2) is 9.28. The molecule has 0 aromatic carbocycles. The molecule has 19 heavy (non-hydrogen) atoms. The molecule has 1 heterocycles. The number of rotatable bonds is 8. The number of likely N-dealkylation sites (N-methyl/N-ethyl adjacent to an activating group) is 1. The van der Waals surface area contributed by atoms with Crippen LogP contribution < -0.4 is 5.32 Å². The standard InChI is InChI=1S/C14H28N2O3/c1-4-9-19-12-7-6-8-16(10-12)11-13(15-3)14(17)18-5-2/h12-13,15H,4-11H2,1-3H3. The Balaban J connectivity index is 2.39. The molecule has 0 spiro atoms. The van der Waals surface area contributed by atoms with Crippen molar-refractivity contribution < 1.29 is 14.3 Å². The molecule has 2 unspecified atom stereocenters. The van der Waals surface area contributed by atoms with Crippen molar-refractivity contribution in [3.05, 3.63) is 0 Å². The maximum Gasteiger partial charge on any atom is 0.324 e. The van der Waals surface area contributed by atoms with Crippen molar-refractivity contribution in [3.63, 3.8) is 0 Å². The smallest absolute Gasteiger partial charge is 0.324 e. The van der Waals surface area contributed by atoms with Crippen molar-refractivity contribution in [3.8, 4) is 0 Å². The molecule has 0 aromatic heterocycles. The summed E-state index contributed by atoms with van der Waals surface area (Å²) >= 11 is 0. The van der Waals surface area contributed by atoms with Crippen LogP contribution in [-0.2, 0) is 14.3 Å². The molecule has 2 atom stereocenters. The van der Waals surface area contributed by atoms with Gasteiger partial charge in [0.2, 0.25) is 0 Å². The van der Waals surface area contributed by atoms with E-state index in [9.17, 15) is 4.79 Å². The van der Waals surface area contributed by atoms with E-state index in [0.717, 1.165) is 39.0 Å². The summed E-state index contributed by atoms with van der Waals surface area (Å²) < 4.78 is 10.9. The third-order valence-corrected chi connectivity index (χ3v) is 3.38. The largest absolute Gasteiger partial charge is 0.465 e. The number of esters is 1. The lowest BCUT2D eigenvalue weighted by atomic mass is 10.1. The Labute approximate surface area is 116 Å². The van der Waals surface area contributed by atoms with Crippen LogP contribution in [0.15, 0.2) is 0 Å². The van der Waals surface area contributed by atoms with Gasteiger partial charge in [0.25, 0.3) is 0 Å². The zero-order valence-corrected chi connectivity index (χ0v) is 12.5. The summed E-state index contributed by atoms with van der Waals surface area (Å²) in [6.45, 7) is 7.85. The molecular weight excluding hydrogens is 244 g/mol. The van der Waals surface area contributed by atoms with Gasteiger partial charge in [-0.15, -0.1) is 0 Å². The van der Waals surface area contributed by atoms with Gasteiger partial charge in [0.05, 0.1) is 12.7 Å². The van der Waals surface area contributed by atoms with Crippen molar-refractivity contribution in [2.45, 2.75) is 45.3 Å². The molecule has 1 N–H and O–H groups in total. The molecule has 1 aliphatic heterocycles. The van der Waals surface area contributed by atoms with Gasteiger partial charge in [-0.1, -0.05) is 6.92 Å². The fourth-order valence-corrected chi connectivity index (χ4v) is 2.38. The molecular formula is C14H28N2O3. The number of hydrogen-bond acceptors (Lipinski definition) is 5. The summed E-state index contributed by atoms with van der Waals surface area (Å²) in [5, 5.41) is 3.03. The molecule has 0 radical (unpaired) electrons. The Morgan fingerprint density at radius 1 is 1.47 bits per heavy atom. The van der Waals surface area contributed by atoms with Crippen LogP contribution in [0.25, 0.3) is 0 Å². The Hall–Kier alpha value is -0.650. The van der Waals surface area contributed by atoms with E-state index in [4.69, 9.17) is 9.47 Å². The second-order valence-corrected chi connectivity index (χ2v) is 4.99. The number of piperidine rings is 1. The third-order valence-electron chi connectivity index (χ3n) is 3.38. The van der Waals surface area contributed by atoms with Crippen molar-refractivity contribution in [1.82, 2.24) is 10.2 Å². The summed E-state index contributed by atoms with van der Waals surface area (Å²) in [4.78, 5) is 14.1. The van der Waals surface area contributed by atoms with Gasteiger partial charge in [0.15, 0.2) is 0 Å². The Morgan fingerprint density at radius 2 is 2.26 bits per heavy atom. The first kappa shape index (κ1) is 16.4. The highest BCUT2D eigenvalue weighted by Gasteiger charge is 2.25. The Bertz CT molecular complexity index is 261. The topological polar surface area (TPSA) is 50.8 Å². The van der Waals surface area contributed by atoms with E-state index in [1.54, 1.807) is 7.05 Å². The predicted octanol–water partition coefficient (Wildman–Crippen LogP) is 1.03. The zero-order chi connectivity index (χ0) is 14.1. The van der Waals surface area contributed by atoms with Crippen LogP contribution in [0.2, 0.25) is 0 Å². The van der Waals surface area contributed by atoms with E-state index in [-0.39, 0.29) is 12.0 Å². The second-order valence-electron chi connectivity index (χ2n) is 4.99. The molecule has 1 saturated heterocycles. The van der Waals surface area contributed by atoms with Gasteiger partial charge in [0, 0.05) is 19.7 Å². The molecule has 1 rings (SSSR count). The lowest BCUT2D eigenvalue weighted by Gasteiger charge is -2.34. The number of carbonyl (C=O) groups excluding carboxylic acids is 1. The molecule has 112 valence electrons. The average molecular weight is 272 g/mol. The lowest BCUT2D eigenvalue weighted by Crippen LogP contribution is -2.49. The van der Waals surface area contributed by atoms with E-state index >= 15 is 0 Å². The highest BCUT2D eigenvalue weighted by atomic mass is 16.5. The average Bonchev–Trinajstić information content (AvgIpc) is 2.43. The fourth-order valence-electron chi connectivity index (χ4n) is 2.38. The number of likely N-dealkylation sites (tertiary alicyclic amines) is 1. The van der Waals surface area contributed by atoms with Crippen molar-refractivity contribution in [1.29, 1.82) is 0 Å². The summed E-state index contributed by atoms with van der Waals surface area (Å²) in [7, 11) is 1.80. The van der Waals surface area contributed by atoms with E-state index < -0.39 is 0 Å². The van der Waals surface area contributed by atoms with Crippen molar-refractivity contribution in [2.24, 2.45) is 0 Å². The minimum Gasteiger partial charge on any atom is -0.465 e. The first-order chi connectivity index (χ1) is 9.21. The molecule has 1 fully saturated rings. The third kappa shape index (κ3) is 5.89. The number of hydrogen-bond donors (Lipinski definition) is 1. The first-order valence-electron chi connectivity index (χ1n) is 7.39. The molecule has 5 nitrogen and oxygen atoms in total. The summed E-state index contributed by atoms with van der Waals surface area (Å²) in [5.41, 5.74) is 0. The molecule has 1 aliphatic rings. The molecule has 5 heteroatoms. The van der Waals surface area contributed by atoms with Crippen LogP contribution in [0.4, 0.5) is 0 Å². The van der Waals surface area contributed by atoms with Gasteiger partial charge in [-0.3, -0.25) is 9.69 Å². The molecule has 0 aromatic rings. The number of nitrogens with zero attached hydrogens (tertiary/aromatic N) is 1. The van der Waals surface area contributed by atoms with Crippen LogP contribution in [0.1, 0.15) is 33.1 Å². The van der Waals surface area contributed by atoms with Crippen molar-refractivity contribution in [2.75, 3.05) is 39.9 Å². The SMILES string of the molecule is CCCOC1CCCN(CC(NC)C(=O)OCC)C1. The maximum absolute atomic E-state index is 11.8. The van der Waals surface area contributed by atoms with Crippen LogP contribution in [-0.4, -0.2) is 62.9 Å². The minimum atomic E-state index is -0.245. The highest BCUT2D eigenvalue weighted by molar-refractivity contribution is 5.76. The van der Waals surface area contributed by atoms with Crippen LogP contribution >= 0.6 is 0 Å². The monoisotopic (exact) mass is 272 g/mol. The van der Waals surface area contributed by atoms with Gasteiger partial charge < -0.3 is 14.8 Å². The predicted molar refractivity (Wildman–Crippen MR) is 75.2 cm³/mol. The molecule has 0 aliphatic carbocycles. The molecule has 0 saturated carbocycles. The molecule has 0 amide bonds. The van der Waals surface area contributed by atoms with Crippen LogP contribution in [0.3, 0.4) is 0 Å². The summed E-state index contributed by atoms with van der Waals surface area (Å²) in [6, 6.07) is -0.245. The number of carbonyl (C=O) groups is 1. The van der Waals surface area contributed by atoms with E-state index in [0.29, 0.717) is 19.3 Å². The van der Waals surface area contributed by atoms with E-state index in [1.165, 1.54) is 0 Å². The molecule has 0 bridgehead atoms. The van der Waals surface area contributed by atoms with Crippen molar-refractivity contribution >= 4 is 5.97 Å². The normalized spacial score (nSPS) is 22.2. The number of ether oxygens (including phenoxy) is 2. The lowest BCUT2D eigenvalue weighted by molar-refractivity contribution is -0.146. The van der Waals surface area contributed by atoms with Crippen LogP contribution in [0, 0.1) is 0 Å². The van der Waals surface area contributed by atoms with E-state index in [2.05, 4.69) is 17.1 Å². The quantitative estimate of drug-likeness (QED) is 0.669. The van der Waals surface area contributed by atoms with Crippen LogP contribution in [0.5, 0.6) is 0 Å². The van der Waals surface area contributed by atoms with Gasteiger partial charge in [-0.05, 0) is 39.8 Å².